The van der Waals surface area contributed by atoms with Gasteiger partial charge in [-0.15, -0.1) is 0 Å². The first kappa shape index (κ1) is 15.2. The molecule has 0 aliphatic rings. The number of amides is 1. The average Bonchev–Trinajstić information content (AvgIpc) is 2.30. The number of carbonyl (C=O) groups is 1. The lowest BCUT2D eigenvalue weighted by molar-refractivity contribution is 0.0976. The van der Waals surface area contributed by atoms with Crippen molar-refractivity contribution in [2.24, 2.45) is 5.92 Å². The Hall–Kier alpha value is -0.770. The van der Waals surface area contributed by atoms with E-state index in [9.17, 15) is 4.79 Å². The lowest BCUT2D eigenvalue weighted by Crippen LogP contribution is -2.30. The molecule has 0 spiro atoms. The Morgan fingerprint density at radius 1 is 1.31 bits per heavy atom. The molecule has 0 unspecified atom stereocenters. The maximum Gasteiger partial charge on any atom is 0.407 e. The van der Waals surface area contributed by atoms with Crippen LogP contribution in [0.15, 0.2) is 0 Å². The van der Waals surface area contributed by atoms with Crippen molar-refractivity contribution in [3.63, 3.8) is 0 Å². The van der Waals surface area contributed by atoms with Gasteiger partial charge in [0, 0.05) is 13.7 Å². The third kappa shape index (κ3) is 8.53. The number of rotatable bonds is 9. The van der Waals surface area contributed by atoms with E-state index in [1.165, 1.54) is 19.3 Å². The summed E-state index contributed by atoms with van der Waals surface area (Å²) in [6.07, 6.45) is 4.35. The van der Waals surface area contributed by atoms with Crippen LogP contribution in [0.25, 0.3) is 0 Å². The van der Waals surface area contributed by atoms with Gasteiger partial charge in [-0.05, 0) is 12.3 Å². The molecule has 0 aromatic heterocycles. The highest BCUT2D eigenvalue weighted by atomic mass is 16.6. The van der Waals surface area contributed by atoms with E-state index >= 15 is 0 Å². The van der Waals surface area contributed by atoms with Crippen LogP contribution in [0.1, 0.15) is 39.5 Å². The van der Waals surface area contributed by atoms with E-state index in [4.69, 9.17) is 9.47 Å². The van der Waals surface area contributed by atoms with Gasteiger partial charge in [0.05, 0.1) is 6.61 Å². The first-order valence-electron chi connectivity index (χ1n) is 6.14. The van der Waals surface area contributed by atoms with Gasteiger partial charge in [0.15, 0.2) is 0 Å². The fourth-order valence-corrected chi connectivity index (χ4v) is 1.44. The van der Waals surface area contributed by atoms with Gasteiger partial charge in [-0.3, -0.25) is 0 Å². The second kappa shape index (κ2) is 10.7. The molecule has 0 saturated carbocycles. The van der Waals surface area contributed by atoms with Crippen LogP contribution in [0.4, 0.5) is 4.79 Å². The van der Waals surface area contributed by atoms with Crippen molar-refractivity contribution in [1.82, 2.24) is 5.32 Å². The number of alkyl carbamates (subject to hydrolysis) is 1. The highest BCUT2D eigenvalue weighted by Crippen LogP contribution is 2.11. The minimum atomic E-state index is -0.341. The fourth-order valence-electron chi connectivity index (χ4n) is 1.44. The first-order chi connectivity index (χ1) is 7.74. The molecule has 0 aliphatic carbocycles. The largest absolute Gasteiger partial charge is 0.447 e. The quantitative estimate of drug-likeness (QED) is 0.620. The van der Waals surface area contributed by atoms with Gasteiger partial charge >= 0.3 is 6.09 Å². The number of hydrogen-bond donors (Lipinski definition) is 1. The van der Waals surface area contributed by atoms with Crippen molar-refractivity contribution >= 4 is 6.09 Å². The van der Waals surface area contributed by atoms with Crippen LogP contribution in [0.2, 0.25) is 0 Å². The lowest BCUT2D eigenvalue weighted by atomic mass is 10.00. The van der Waals surface area contributed by atoms with Crippen LogP contribution in [0.3, 0.4) is 0 Å². The molecular formula is C12H25NO3. The number of nitrogens with one attached hydrogen (secondary N) is 1. The summed E-state index contributed by atoms with van der Waals surface area (Å²) in [6.45, 7) is 5.80. The van der Waals surface area contributed by atoms with E-state index in [2.05, 4.69) is 19.2 Å². The molecule has 96 valence electrons. The van der Waals surface area contributed by atoms with Crippen LogP contribution < -0.4 is 5.32 Å². The van der Waals surface area contributed by atoms with E-state index in [1.807, 2.05) is 0 Å². The lowest BCUT2D eigenvalue weighted by Gasteiger charge is -2.15. The number of unbranched alkanes of at least 4 members (excludes halogenated alkanes) is 1. The van der Waals surface area contributed by atoms with Crippen molar-refractivity contribution in [1.29, 1.82) is 0 Å². The Kier molecular flexibility index (Phi) is 10.2. The molecule has 4 nitrogen and oxygen atoms in total. The number of ether oxygens (including phenoxy) is 2. The smallest absolute Gasteiger partial charge is 0.407 e. The fraction of sp³-hybridized carbons (Fsp3) is 0.917. The van der Waals surface area contributed by atoms with Crippen LogP contribution in [0, 0.1) is 5.92 Å². The molecule has 1 N–H and O–H groups in total. The van der Waals surface area contributed by atoms with Gasteiger partial charge in [0.2, 0.25) is 0 Å². The zero-order valence-corrected chi connectivity index (χ0v) is 10.8. The Balaban J connectivity index is 3.54. The predicted molar refractivity (Wildman–Crippen MR) is 64.5 cm³/mol. The Morgan fingerprint density at radius 2 is 2.06 bits per heavy atom. The van der Waals surface area contributed by atoms with Gasteiger partial charge in [-0.2, -0.15) is 0 Å². The van der Waals surface area contributed by atoms with Crippen LogP contribution in [-0.2, 0) is 9.47 Å². The molecule has 4 heteroatoms. The standard InChI is InChI=1S/C12H25NO3/c1-4-6-7-11(5-2)10-13-12(14)16-9-8-15-3/h11H,4-10H2,1-3H3,(H,13,14)/t11-/m0/s1. The SMILES string of the molecule is CCCC[C@H](CC)CNC(=O)OCCOC. The molecule has 0 rings (SSSR count). The van der Waals surface area contributed by atoms with Crippen molar-refractivity contribution in [3.8, 4) is 0 Å². The van der Waals surface area contributed by atoms with E-state index < -0.39 is 0 Å². The molecule has 0 aromatic carbocycles. The molecular weight excluding hydrogens is 206 g/mol. The molecule has 16 heavy (non-hydrogen) atoms. The van der Waals surface area contributed by atoms with Crippen molar-refractivity contribution < 1.29 is 14.3 Å². The third-order valence-electron chi connectivity index (χ3n) is 2.60. The van der Waals surface area contributed by atoms with Crippen molar-refractivity contribution in [3.05, 3.63) is 0 Å². The minimum absolute atomic E-state index is 0.314. The Morgan fingerprint density at radius 3 is 2.62 bits per heavy atom. The monoisotopic (exact) mass is 231 g/mol. The highest BCUT2D eigenvalue weighted by Gasteiger charge is 2.08. The van der Waals surface area contributed by atoms with E-state index in [0.717, 1.165) is 6.42 Å². The summed E-state index contributed by atoms with van der Waals surface area (Å²) in [7, 11) is 1.58. The van der Waals surface area contributed by atoms with Crippen molar-refractivity contribution in [2.75, 3.05) is 26.9 Å². The Labute approximate surface area is 98.7 Å². The van der Waals surface area contributed by atoms with Gasteiger partial charge in [-0.1, -0.05) is 33.1 Å². The molecule has 0 fully saturated rings. The zero-order chi connectivity index (χ0) is 12.2. The molecule has 1 amide bonds. The number of carbonyl (C=O) groups excluding carboxylic acids is 1. The highest BCUT2D eigenvalue weighted by molar-refractivity contribution is 5.67. The van der Waals surface area contributed by atoms with Crippen LogP contribution in [0.5, 0.6) is 0 Å². The summed E-state index contributed by atoms with van der Waals surface area (Å²) < 4.78 is 9.69. The van der Waals surface area contributed by atoms with Gasteiger partial charge in [-0.25, -0.2) is 4.79 Å². The second-order valence-electron chi connectivity index (χ2n) is 3.93. The maximum absolute atomic E-state index is 11.2. The van der Waals surface area contributed by atoms with Crippen LogP contribution in [-0.4, -0.2) is 33.0 Å². The molecule has 0 bridgehead atoms. The third-order valence-corrected chi connectivity index (χ3v) is 2.60. The topological polar surface area (TPSA) is 47.6 Å². The second-order valence-corrected chi connectivity index (χ2v) is 3.93. The predicted octanol–water partition coefficient (Wildman–Crippen LogP) is 2.58. The molecule has 0 heterocycles. The van der Waals surface area contributed by atoms with E-state index in [0.29, 0.717) is 25.7 Å². The maximum atomic E-state index is 11.2. The minimum Gasteiger partial charge on any atom is -0.447 e. The van der Waals surface area contributed by atoms with Crippen molar-refractivity contribution in [2.45, 2.75) is 39.5 Å². The normalized spacial score (nSPS) is 12.2. The first-order valence-corrected chi connectivity index (χ1v) is 6.14. The number of hydrogen-bond acceptors (Lipinski definition) is 3. The Bertz CT molecular complexity index is 174. The average molecular weight is 231 g/mol. The van der Waals surface area contributed by atoms with E-state index in [1.54, 1.807) is 7.11 Å². The summed E-state index contributed by atoms with van der Waals surface area (Å²) in [4.78, 5) is 11.2. The zero-order valence-electron chi connectivity index (χ0n) is 10.8. The molecule has 0 radical (unpaired) electrons. The van der Waals surface area contributed by atoms with Gasteiger partial charge in [0.1, 0.15) is 6.61 Å². The molecule has 0 saturated heterocycles. The summed E-state index contributed by atoms with van der Waals surface area (Å²) >= 11 is 0. The number of methoxy groups -OCH3 is 1. The summed E-state index contributed by atoms with van der Waals surface area (Å²) in [5.74, 6) is 0.565. The van der Waals surface area contributed by atoms with Gasteiger partial charge in [0.25, 0.3) is 0 Å². The van der Waals surface area contributed by atoms with E-state index in [-0.39, 0.29) is 6.09 Å². The molecule has 0 aromatic rings. The summed E-state index contributed by atoms with van der Waals surface area (Å²) in [5, 5.41) is 2.78. The van der Waals surface area contributed by atoms with Gasteiger partial charge < -0.3 is 14.8 Å². The summed E-state index contributed by atoms with van der Waals surface area (Å²) in [5.41, 5.74) is 0. The molecule has 1 atom stereocenters. The van der Waals surface area contributed by atoms with Crippen LogP contribution >= 0.6 is 0 Å². The summed E-state index contributed by atoms with van der Waals surface area (Å²) in [6, 6.07) is 0. The molecule has 0 aliphatic heterocycles.